The summed E-state index contributed by atoms with van der Waals surface area (Å²) in [4.78, 5) is 8.77. The molecule has 33 heavy (non-hydrogen) atoms. The van der Waals surface area contributed by atoms with Gasteiger partial charge in [-0.1, -0.05) is 11.5 Å². The van der Waals surface area contributed by atoms with Crippen LogP contribution in [0.3, 0.4) is 0 Å². The number of halogens is 3. The van der Waals surface area contributed by atoms with Gasteiger partial charge in [0, 0.05) is 23.9 Å². The Morgan fingerprint density at radius 1 is 1.27 bits per heavy atom. The largest absolute Gasteiger partial charge is 0.495 e. The molecule has 5 rings (SSSR count). The van der Waals surface area contributed by atoms with Crippen LogP contribution >= 0.6 is 0 Å². The lowest BCUT2D eigenvalue weighted by Crippen LogP contribution is -2.33. The number of rotatable bonds is 4. The molecule has 3 heterocycles. The Labute approximate surface area is 187 Å². The van der Waals surface area contributed by atoms with Gasteiger partial charge in [0.25, 0.3) is 0 Å². The smallest absolute Gasteiger partial charge is 0.417 e. The van der Waals surface area contributed by atoms with Gasteiger partial charge in [-0.05, 0) is 43.7 Å². The number of allylic oxidation sites excluding steroid dienone is 2. The van der Waals surface area contributed by atoms with E-state index in [1.54, 1.807) is 18.1 Å². The number of nitrogens with one attached hydrogen (secondary N) is 1. The summed E-state index contributed by atoms with van der Waals surface area (Å²) >= 11 is 0. The van der Waals surface area contributed by atoms with Crippen LogP contribution in [-0.2, 0) is 6.54 Å². The van der Waals surface area contributed by atoms with E-state index in [2.05, 4.69) is 31.8 Å². The second-order valence-electron chi connectivity index (χ2n) is 7.70. The van der Waals surface area contributed by atoms with E-state index in [-0.39, 0.29) is 5.57 Å². The first kappa shape index (κ1) is 20.9. The molecule has 10 heteroatoms. The zero-order chi connectivity index (χ0) is 23.2. The molecule has 1 aliphatic heterocycles. The lowest BCUT2D eigenvalue weighted by molar-refractivity contribution is -0.0897. The zero-order valence-corrected chi connectivity index (χ0v) is 17.8. The van der Waals surface area contributed by atoms with Crippen molar-refractivity contribution in [1.82, 2.24) is 24.3 Å². The third-order valence-electron chi connectivity index (χ3n) is 5.52. The number of aryl methyl sites for hydroxylation is 2. The molecule has 1 unspecified atom stereocenters. The second kappa shape index (κ2) is 7.85. The molecule has 1 N–H and O–H groups in total. The SMILES string of the molecule is COc1cc(-c2nc3n(n2)CCC(C2=C=C=CC=C2C(F)(F)F)N3)ccc1-n1cnc(C)c1. The van der Waals surface area contributed by atoms with Gasteiger partial charge in [-0.2, -0.15) is 18.2 Å². The van der Waals surface area contributed by atoms with Crippen molar-refractivity contribution in [2.45, 2.75) is 32.1 Å². The number of hydrogen-bond donors (Lipinski definition) is 1. The van der Waals surface area contributed by atoms with Crippen molar-refractivity contribution in [3.63, 3.8) is 0 Å². The van der Waals surface area contributed by atoms with E-state index < -0.39 is 17.8 Å². The summed E-state index contributed by atoms with van der Waals surface area (Å²) in [5.74, 6) is 1.47. The van der Waals surface area contributed by atoms with Gasteiger partial charge in [0.05, 0.1) is 36.4 Å². The second-order valence-corrected chi connectivity index (χ2v) is 7.70. The minimum absolute atomic E-state index is 0.0300. The Kier molecular flexibility index (Phi) is 4.96. The molecule has 0 bridgehead atoms. The van der Waals surface area contributed by atoms with Gasteiger partial charge in [-0.25, -0.2) is 9.67 Å². The molecule has 0 amide bonds. The van der Waals surface area contributed by atoms with Crippen LogP contribution in [0.2, 0.25) is 0 Å². The number of hydrogen-bond acceptors (Lipinski definition) is 5. The highest BCUT2D eigenvalue weighted by atomic mass is 19.4. The maximum Gasteiger partial charge on any atom is 0.417 e. The number of fused-ring (bicyclic) bond motifs is 1. The molecule has 0 fully saturated rings. The van der Waals surface area contributed by atoms with Crippen LogP contribution < -0.4 is 10.1 Å². The van der Waals surface area contributed by atoms with Crippen LogP contribution in [0.5, 0.6) is 5.75 Å². The lowest BCUT2D eigenvalue weighted by atomic mass is 9.94. The van der Waals surface area contributed by atoms with Gasteiger partial charge < -0.3 is 14.6 Å². The van der Waals surface area contributed by atoms with Crippen molar-refractivity contribution in [3.8, 4) is 22.8 Å². The lowest BCUT2D eigenvalue weighted by Gasteiger charge is -2.27. The summed E-state index contributed by atoms with van der Waals surface area (Å²) in [6.45, 7) is 2.32. The standard InChI is InChI=1S/C23H19F3N6O/c1-14-12-31(13-27-14)19-8-7-15(11-20(19)33-2)21-29-22-28-18(9-10-32(22)30-21)16-5-3-4-6-17(16)23(24,25)26/h4,6-8,11-13,18H,9-10H2,1-2H3,(H,28,29,30). The Morgan fingerprint density at radius 3 is 2.85 bits per heavy atom. The van der Waals surface area contributed by atoms with Crippen molar-refractivity contribution in [3.05, 3.63) is 71.2 Å². The van der Waals surface area contributed by atoms with Crippen molar-refractivity contribution in [1.29, 1.82) is 0 Å². The average Bonchev–Trinajstić information content (AvgIpc) is 3.43. The summed E-state index contributed by atoms with van der Waals surface area (Å²) in [6, 6.07) is 4.99. The molecule has 7 nitrogen and oxygen atoms in total. The molecule has 2 aliphatic rings. The quantitative estimate of drug-likeness (QED) is 0.596. The van der Waals surface area contributed by atoms with Gasteiger partial charge in [-0.3, -0.25) is 0 Å². The van der Waals surface area contributed by atoms with Gasteiger partial charge in [0.1, 0.15) is 5.75 Å². The fraction of sp³-hybridized carbons (Fsp3) is 0.261. The van der Waals surface area contributed by atoms with Gasteiger partial charge in [0.2, 0.25) is 5.95 Å². The molecule has 168 valence electrons. The van der Waals surface area contributed by atoms with Crippen molar-refractivity contribution in [2.75, 3.05) is 12.4 Å². The van der Waals surface area contributed by atoms with Crippen LogP contribution in [-0.4, -0.2) is 43.6 Å². The Morgan fingerprint density at radius 2 is 2.12 bits per heavy atom. The third-order valence-corrected chi connectivity index (χ3v) is 5.52. The molecule has 0 radical (unpaired) electrons. The highest BCUT2D eigenvalue weighted by Crippen LogP contribution is 2.36. The first-order chi connectivity index (χ1) is 15.8. The number of benzene rings is 1. The Bertz CT molecular complexity index is 1370. The molecule has 0 saturated heterocycles. The minimum Gasteiger partial charge on any atom is -0.495 e. The van der Waals surface area contributed by atoms with E-state index in [9.17, 15) is 13.2 Å². The maximum absolute atomic E-state index is 13.4. The number of nitrogens with zero attached hydrogens (tertiary/aromatic N) is 5. The zero-order valence-electron chi connectivity index (χ0n) is 17.8. The predicted molar refractivity (Wildman–Crippen MR) is 115 cm³/mol. The summed E-state index contributed by atoms with van der Waals surface area (Å²) in [6.07, 6.45) is 1.78. The number of aromatic nitrogens is 5. The van der Waals surface area contributed by atoms with E-state index in [0.717, 1.165) is 23.0 Å². The Balaban J connectivity index is 1.43. The molecular weight excluding hydrogens is 433 g/mol. The van der Waals surface area contributed by atoms with Crippen LogP contribution in [0, 0.1) is 6.92 Å². The monoisotopic (exact) mass is 452 g/mol. The highest BCUT2D eigenvalue weighted by molar-refractivity contribution is 5.64. The number of anilines is 1. The summed E-state index contributed by atoms with van der Waals surface area (Å²) in [7, 11) is 1.58. The molecule has 1 aromatic carbocycles. The molecule has 1 aliphatic carbocycles. The van der Waals surface area contributed by atoms with Crippen LogP contribution in [0.4, 0.5) is 19.1 Å². The molecule has 0 saturated carbocycles. The van der Waals surface area contributed by atoms with E-state index in [4.69, 9.17) is 4.74 Å². The third kappa shape index (κ3) is 3.86. The molecule has 2 aromatic heterocycles. The fourth-order valence-electron chi connectivity index (χ4n) is 3.93. The fourth-order valence-corrected chi connectivity index (χ4v) is 3.93. The van der Waals surface area contributed by atoms with E-state index in [0.29, 0.717) is 30.5 Å². The topological polar surface area (TPSA) is 69.8 Å². The van der Waals surface area contributed by atoms with Gasteiger partial charge in [0.15, 0.2) is 5.82 Å². The molecule has 1 atom stereocenters. The number of ether oxygens (including phenoxy) is 1. The maximum atomic E-state index is 13.4. The van der Waals surface area contributed by atoms with Crippen LogP contribution in [0.25, 0.3) is 17.1 Å². The van der Waals surface area contributed by atoms with E-state index in [1.807, 2.05) is 35.9 Å². The van der Waals surface area contributed by atoms with Gasteiger partial charge in [-0.15, -0.1) is 5.10 Å². The first-order valence-corrected chi connectivity index (χ1v) is 10.2. The first-order valence-electron chi connectivity index (χ1n) is 10.2. The van der Waals surface area contributed by atoms with Crippen LogP contribution in [0.1, 0.15) is 12.1 Å². The molecular formula is C23H19F3N6O. The summed E-state index contributed by atoms with van der Waals surface area (Å²) in [5.41, 5.74) is 7.00. The minimum atomic E-state index is -4.47. The molecule has 0 spiro atoms. The van der Waals surface area contributed by atoms with Crippen molar-refractivity contribution in [2.24, 2.45) is 0 Å². The van der Waals surface area contributed by atoms with Gasteiger partial charge >= 0.3 is 6.18 Å². The normalized spacial score (nSPS) is 17.3. The van der Waals surface area contributed by atoms with Crippen LogP contribution in [0.15, 0.2) is 65.5 Å². The number of imidazole rings is 1. The number of alkyl halides is 3. The van der Waals surface area contributed by atoms with Crippen molar-refractivity contribution >= 4 is 5.95 Å². The average molecular weight is 452 g/mol. The Hall–Kier alpha value is -4.00. The van der Waals surface area contributed by atoms with E-state index in [1.165, 1.54) is 6.08 Å². The predicted octanol–water partition coefficient (Wildman–Crippen LogP) is 4.37. The number of methoxy groups -OCH3 is 1. The van der Waals surface area contributed by atoms with E-state index >= 15 is 0 Å². The highest BCUT2D eigenvalue weighted by Gasteiger charge is 2.39. The van der Waals surface area contributed by atoms with Crippen molar-refractivity contribution < 1.29 is 17.9 Å². The molecule has 3 aromatic rings. The summed E-state index contributed by atoms with van der Waals surface area (Å²) < 4.78 is 49.4. The summed E-state index contributed by atoms with van der Waals surface area (Å²) in [5, 5.41) is 7.61.